The van der Waals surface area contributed by atoms with E-state index >= 15 is 0 Å². The molecule has 0 N–H and O–H groups in total. The van der Waals surface area contributed by atoms with Crippen LogP contribution < -0.4 is 0 Å². The average molecular weight is 306 g/mol. The van der Waals surface area contributed by atoms with Gasteiger partial charge in [0, 0.05) is 13.1 Å². The topological polar surface area (TPSA) is 20.3 Å². The van der Waals surface area contributed by atoms with Crippen LogP contribution in [0, 0.1) is 11.8 Å². The van der Waals surface area contributed by atoms with Crippen LogP contribution in [0.5, 0.6) is 0 Å². The zero-order chi connectivity index (χ0) is 13.6. The molecular formula is C14H28BrNO. The molecule has 0 saturated carbocycles. The van der Waals surface area contributed by atoms with Gasteiger partial charge in [-0.3, -0.25) is 4.79 Å². The number of hydrogen-bond acceptors (Lipinski definition) is 1. The molecule has 3 heteroatoms. The molecule has 102 valence electrons. The van der Waals surface area contributed by atoms with E-state index in [0.717, 1.165) is 25.9 Å². The lowest BCUT2D eigenvalue weighted by molar-refractivity contribution is -0.133. The van der Waals surface area contributed by atoms with E-state index in [1.54, 1.807) is 0 Å². The van der Waals surface area contributed by atoms with Crippen molar-refractivity contribution in [2.45, 2.75) is 58.7 Å². The first-order chi connectivity index (χ1) is 7.64. The van der Waals surface area contributed by atoms with Crippen molar-refractivity contribution in [2.24, 2.45) is 11.8 Å². The fraction of sp³-hybridized carbons (Fsp3) is 0.929. The average Bonchev–Trinajstić information content (AvgIpc) is 2.14. The molecule has 0 aliphatic carbocycles. The van der Waals surface area contributed by atoms with Crippen LogP contribution in [0.1, 0.15) is 54.4 Å². The number of hydrogen-bond donors (Lipinski definition) is 0. The largest absolute Gasteiger partial charge is 0.341 e. The first kappa shape index (κ1) is 16.9. The van der Waals surface area contributed by atoms with Crippen molar-refractivity contribution in [1.82, 2.24) is 4.90 Å². The Morgan fingerprint density at radius 2 is 1.41 bits per heavy atom. The molecule has 0 aromatic rings. The molecule has 0 rings (SSSR count). The van der Waals surface area contributed by atoms with Crippen LogP contribution in [-0.4, -0.2) is 28.2 Å². The van der Waals surface area contributed by atoms with E-state index in [9.17, 15) is 4.79 Å². The summed E-state index contributed by atoms with van der Waals surface area (Å²) < 4.78 is -0.443. The highest BCUT2D eigenvalue weighted by Crippen LogP contribution is 2.20. The molecule has 17 heavy (non-hydrogen) atoms. The van der Waals surface area contributed by atoms with Gasteiger partial charge < -0.3 is 4.90 Å². The third-order valence-electron chi connectivity index (χ3n) is 2.75. The second-order valence-electron chi connectivity index (χ2n) is 6.13. The van der Waals surface area contributed by atoms with E-state index < -0.39 is 4.32 Å². The Morgan fingerprint density at radius 3 is 1.65 bits per heavy atom. The van der Waals surface area contributed by atoms with Gasteiger partial charge in [-0.05, 0) is 38.5 Å². The number of rotatable bonds is 7. The predicted octanol–water partition coefficient (Wildman–Crippen LogP) is 4.08. The number of halogens is 1. The summed E-state index contributed by atoms with van der Waals surface area (Å²) in [7, 11) is 0. The number of nitrogens with zero attached hydrogens (tertiary/aromatic N) is 1. The SMILES string of the molecule is CC(C)CCN(CCC(C)C)C(=O)C(C)(C)Br. The van der Waals surface area contributed by atoms with E-state index in [0.29, 0.717) is 11.8 Å². The van der Waals surface area contributed by atoms with Crippen molar-refractivity contribution < 1.29 is 4.79 Å². The molecule has 0 spiro atoms. The smallest absolute Gasteiger partial charge is 0.238 e. The lowest BCUT2D eigenvalue weighted by Gasteiger charge is -2.29. The van der Waals surface area contributed by atoms with Gasteiger partial charge in [-0.15, -0.1) is 0 Å². The minimum atomic E-state index is -0.443. The van der Waals surface area contributed by atoms with Crippen molar-refractivity contribution in [3.8, 4) is 0 Å². The summed E-state index contributed by atoms with van der Waals surface area (Å²) in [6.45, 7) is 14.4. The van der Waals surface area contributed by atoms with Crippen molar-refractivity contribution in [1.29, 1.82) is 0 Å². The standard InChI is InChI=1S/C14H28BrNO/c1-11(2)7-9-16(10-8-12(3)4)13(17)14(5,6)15/h11-12H,7-10H2,1-6H3. The Hall–Kier alpha value is -0.0500. The van der Waals surface area contributed by atoms with Gasteiger partial charge in [-0.2, -0.15) is 0 Å². The summed E-state index contributed by atoms with van der Waals surface area (Å²) in [5.41, 5.74) is 0. The number of carbonyl (C=O) groups is 1. The summed E-state index contributed by atoms with van der Waals surface area (Å²) >= 11 is 3.47. The van der Waals surface area contributed by atoms with Crippen molar-refractivity contribution in [3.05, 3.63) is 0 Å². The Balaban J connectivity index is 4.44. The minimum absolute atomic E-state index is 0.207. The molecule has 0 saturated heterocycles. The van der Waals surface area contributed by atoms with Crippen LogP contribution in [0.3, 0.4) is 0 Å². The lowest BCUT2D eigenvalue weighted by Crippen LogP contribution is -2.43. The van der Waals surface area contributed by atoms with Crippen molar-refractivity contribution in [3.63, 3.8) is 0 Å². The first-order valence-corrected chi connectivity index (χ1v) is 7.42. The Labute approximate surface area is 115 Å². The normalized spacial score (nSPS) is 12.3. The second-order valence-corrected chi connectivity index (χ2v) is 8.11. The van der Waals surface area contributed by atoms with Gasteiger partial charge in [0.05, 0.1) is 4.32 Å². The highest BCUT2D eigenvalue weighted by Gasteiger charge is 2.28. The Morgan fingerprint density at radius 1 is 1.06 bits per heavy atom. The number of amides is 1. The van der Waals surface area contributed by atoms with Gasteiger partial charge in [-0.1, -0.05) is 43.6 Å². The quantitative estimate of drug-likeness (QED) is 0.649. The van der Waals surface area contributed by atoms with Gasteiger partial charge in [0.25, 0.3) is 0 Å². The molecule has 0 aliphatic heterocycles. The molecule has 0 heterocycles. The molecule has 0 fully saturated rings. The molecule has 0 atom stereocenters. The molecule has 2 nitrogen and oxygen atoms in total. The monoisotopic (exact) mass is 305 g/mol. The van der Waals surface area contributed by atoms with Crippen LogP contribution in [0.2, 0.25) is 0 Å². The lowest BCUT2D eigenvalue weighted by atomic mass is 10.1. The zero-order valence-electron chi connectivity index (χ0n) is 12.2. The van der Waals surface area contributed by atoms with Crippen LogP contribution in [0.15, 0.2) is 0 Å². The predicted molar refractivity (Wildman–Crippen MR) is 78.5 cm³/mol. The highest BCUT2D eigenvalue weighted by atomic mass is 79.9. The van der Waals surface area contributed by atoms with Crippen LogP contribution >= 0.6 is 15.9 Å². The highest BCUT2D eigenvalue weighted by molar-refractivity contribution is 9.10. The van der Waals surface area contributed by atoms with E-state index in [-0.39, 0.29) is 5.91 Å². The summed E-state index contributed by atoms with van der Waals surface area (Å²) in [5, 5.41) is 0. The number of carbonyl (C=O) groups excluding carboxylic acids is 1. The third-order valence-corrected chi connectivity index (χ3v) is 3.09. The van der Waals surface area contributed by atoms with Crippen LogP contribution in [-0.2, 0) is 4.79 Å². The second kappa shape index (κ2) is 7.40. The molecule has 0 radical (unpaired) electrons. The van der Waals surface area contributed by atoms with Gasteiger partial charge in [-0.25, -0.2) is 0 Å². The zero-order valence-corrected chi connectivity index (χ0v) is 13.8. The first-order valence-electron chi connectivity index (χ1n) is 6.63. The number of alkyl halides is 1. The van der Waals surface area contributed by atoms with Gasteiger partial charge in [0.1, 0.15) is 0 Å². The fourth-order valence-electron chi connectivity index (χ4n) is 1.52. The molecule has 0 aliphatic rings. The molecule has 0 aromatic heterocycles. The van der Waals surface area contributed by atoms with E-state index in [2.05, 4.69) is 43.6 Å². The third kappa shape index (κ3) is 7.80. The molecule has 1 amide bonds. The van der Waals surface area contributed by atoms with Crippen molar-refractivity contribution in [2.75, 3.05) is 13.1 Å². The Kier molecular flexibility index (Phi) is 7.38. The fourth-order valence-corrected chi connectivity index (χ4v) is 1.77. The van der Waals surface area contributed by atoms with Crippen LogP contribution in [0.4, 0.5) is 0 Å². The summed E-state index contributed by atoms with van der Waals surface area (Å²) in [6.07, 6.45) is 2.15. The maximum atomic E-state index is 12.3. The molecule has 0 aromatic carbocycles. The summed E-state index contributed by atoms with van der Waals surface area (Å²) in [4.78, 5) is 14.3. The molecule has 0 bridgehead atoms. The Bertz CT molecular complexity index is 219. The van der Waals surface area contributed by atoms with Gasteiger partial charge in [0.2, 0.25) is 5.91 Å². The minimum Gasteiger partial charge on any atom is -0.341 e. The molecular weight excluding hydrogens is 278 g/mol. The van der Waals surface area contributed by atoms with Gasteiger partial charge in [0.15, 0.2) is 0 Å². The summed E-state index contributed by atoms with van der Waals surface area (Å²) in [6, 6.07) is 0. The van der Waals surface area contributed by atoms with E-state index in [1.165, 1.54) is 0 Å². The maximum Gasteiger partial charge on any atom is 0.238 e. The van der Waals surface area contributed by atoms with Crippen molar-refractivity contribution >= 4 is 21.8 Å². The van der Waals surface area contributed by atoms with Gasteiger partial charge >= 0.3 is 0 Å². The molecule has 0 unspecified atom stereocenters. The summed E-state index contributed by atoms with van der Waals surface area (Å²) in [5.74, 6) is 1.49. The van der Waals surface area contributed by atoms with Crippen LogP contribution in [0.25, 0.3) is 0 Å². The maximum absolute atomic E-state index is 12.3. The van der Waals surface area contributed by atoms with E-state index in [4.69, 9.17) is 0 Å². The van der Waals surface area contributed by atoms with E-state index in [1.807, 2.05) is 18.7 Å².